The van der Waals surface area contributed by atoms with Gasteiger partial charge in [0.05, 0.1) is 12.6 Å². The van der Waals surface area contributed by atoms with Crippen molar-refractivity contribution in [3.05, 3.63) is 46.9 Å². The Labute approximate surface area is 81.1 Å². The summed E-state index contributed by atoms with van der Waals surface area (Å²) < 4.78 is 2.02. The third-order valence-corrected chi connectivity index (χ3v) is 3.01. The fraction of sp³-hybridized carbons (Fsp3) is 0.200. The van der Waals surface area contributed by atoms with Crippen LogP contribution in [-0.4, -0.2) is 16.3 Å². The van der Waals surface area contributed by atoms with Crippen molar-refractivity contribution in [3.63, 3.8) is 0 Å². The van der Waals surface area contributed by atoms with Crippen LogP contribution in [-0.2, 0) is 0 Å². The smallest absolute Gasteiger partial charge is 0.0902 e. The standard InChI is InChI=1S/C10H11NOS/c12-8-9(10-4-3-7-13-10)11-5-1-2-6-11/h1-7,9,12H,8H2/t9-/m1/s1. The zero-order valence-electron chi connectivity index (χ0n) is 7.13. The van der Waals surface area contributed by atoms with Gasteiger partial charge < -0.3 is 9.67 Å². The van der Waals surface area contributed by atoms with Crippen molar-refractivity contribution in [1.29, 1.82) is 0 Å². The van der Waals surface area contributed by atoms with Crippen LogP contribution in [0.5, 0.6) is 0 Å². The van der Waals surface area contributed by atoms with E-state index in [0.717, 1.165) is 0 Å². The van der Waals surface area contributed by atoms with Gasteiger partial charge in [0.25, 0.3) is 0 Å². The van der Waals surface area contributed by atoms with Crippen LogP contribution in [0.3, 0.4) is 0 Å². The second kappa shape index (κ2) is 3.77. The van der Waals surface area contributed by atoms with Gasteiger partial charge in [0, 0.05) is 17.3 Å². The molecule has 0 aliphatic heterocycles. The molecule has 0 aliphatic carbocycles. The van der Waals surface area contributed by atoms with E-state index in [-0.39, 0.29) is 12.6 Å². The lowest BCUT2D eigenvalue weighted by Gasteiger charge is -2.13. The van der Waals surface area contributed by atoms with Gasteiger partial charge in [-0.25, -0.2) is 0 Å². The number of thiophene rings is 1. The average Bonchev–Trinajstić information content (AvgIpc) is 2.76. The van der Waals surface area contributed by atoms with Crippen molar-refractivity contribution < 1.29 is 5.11 Å². The Kier molecular flexibility index (Phi) is 2.47. The largest absolute Gasteiger partial charge is 0.394 e. The first-order valence-corrected chi connectivity index (χ1v) is 5.06. The number of hydrogen-bond donors (Lipinski definition) is 1. The highest BCUT2D eigenvalue weighted by Crippen LogP contribution is 2.22. The molecule has 0 bridgehead atoms. The molecular weight excluding hydrogens is 182 g/mol. The molecule has 0 aliphatic rings. The molecule has 2 aromatic rings. The van der Waals surface area contributed by atoms with Gasteiger partial charge in [0.2, 0.25) is 0 Å². The fourth-order valence-electron chi connectivity index (χ4n) is 1.37. The molecule has 0 saturated carbocycles. The second-order valence-corrected chi connectivity index (χ2v) is 3.82. The van der Waals surface area contributed by atoms with Crippen LogP contribution in [0, 0.1) is 0 Å². The minimum atomic E-state index is 0.0787. The normalized spacial score (nSPS) is 13.0. The van der Waals surface area contributed by atoms with E-state index in [1.807, 2.05) is 46.6 Å². The molecule has 0 fully saturated rings. The van der Waals surface area contributed by atoms with Gasteiger partial charge in [-0.3, -0.25) is 0 Å². The molecule has 0 saturated heterocycles. The second-order valence-electron chi connectivity index (χ2n) is 2.84. The Bertz CT molecular complexity index is 305. The topological polar surface area (TPSA) is 25.2 Å². The quantitative estimate of drug-likeness (QED) is 0.793. The summed E-state index contributed by atoms with van der Waals surface area (Å²) in [4.78, 5) is 1.19. The van der Waals surface area contributed by atoms with Crippen LogP contribution < -0.4 is 0 Å². The van der Waals surface area contributed by atoms with E-state index in [9.17, 15) is 5.11 Å². The molecule has 0 radical (unpaired) electrons. The monoisotopic (exact) mass is 193 g/mol. The summed E-state index contributed by atoms with van der Waals surface area (Å²) in [6.45, 7) is 0.148. The first-order chi connectivity index (χ1) is 6.42. The summed E-state index contributed by atoms with van der Waals surface area (Å²) in [5.41, 5.74) is 0. The maximum atomic E-state index is 9.26. The predicted molar refractivity (Wildman–Crippen MR) is 54.0 cm³/mol. The summed E-state index contributed by atoms with van der Waals surface area (Å²) in [7, 11) is 0. The molecular formula is C10H11NOS. The Morgan fingerprint density at radius 1 is 1.31 bits per heavy atom. The van der Waals surface area contributed by atoms with E-state index >= 15 is 0 Å². The summed E-state index contributed by atoms with van der Waals surface area (Å²) in [6.07, 6.45) is 3.95. The van der Waals surface area contributed by atoms with E-state index in [1.165, 1.54) is 4.88 Å². The van der Waals surface area contributed by atoms with E-state index < -0.39 is 0 Å². The molecule has 3 heteroatoms. The predicted octanol–water partition coefficient (Wildman–Crippen LogP) is 2.13. The molecule has 1 atom stereocenters. The van der Waals surface area contributed by atoms with Gasteiger partial charge in [0.1, 0.15) is 0 Å². The average molecular weight is 193 g/mol. The molecule has 0 spiro atoms. The number of nitrogens with zero attached hydrogens (tertiary/aromatic N) is 1. The lowest BCUT2D eigenvalue weighted by molar-refractivity contribution is 0.251. The van der Waals surface area contributed by atoms with Gasteiger partial charge in [0.15, 0.2) is 0 Å². The van der Waals surface area contributed by atoms with E-state index in [2.05, 4.69) is 0 Å². The SMILES string of the molecule is OC[C@H](c1cccs1)n1cccc1. The fourth-order valence-corrected chi connectivity index (χ4v) is 2.19. The lowest BCUT2D eigenvalue weighted by atomic mass is 10.2. The number of rotatable bonds is 3. The number of aliphatic hydroxyl groups is 1. The van der Waals surface area contributed by atoms with Crippen molar-refractivity contribution in [2.75, 3.05) is 6.61 Å². The van der Waals surface area contributed by atoms with Crippen molar-refractivity contribution >= 4 is 11.3 Å². The number of aliphatic hydroxyl groups excluding tert-OH is 1. The highest BCUT2D eigenvalue weighted by Gasteiger charge is 2.11. The summed E-state index contributed by atoms with van der Waals surface area (Å²) in [5.74, 6) is 0. The van der Waals surface area contributed by atoms with Crippen LogP contribution in [0.1, 0.15) is 10.9 Å². The molecule has 0 aromatic carbocycles. The van der Waals surface area contributed by atoms with Gasteiger partial charge in [-0.1, -0.05) is 6.07 Å². The van der Waals surface area contributed by atoms with Crippen molar-refractivity contribution in [2.24, 2.45) is 0 Å². The molecule has 2 rings (SSSR count). The van der Waals surface area contributed by atoms with Crippen LogP contribution in [0.2, 0.25) is 0 Å². The summed E-state index contributed by atoms with van der Waals surface area (Å²) >= 11 is 1.67. The maximum absolute atomic E-state index is 9.26. The lowest BCUT2D eigenvalue weighted by Crippen LogP contribution is -2.11. The molecule has 2 nitrogen and oxygen atoms in total. The van der Waals surface area contributed by atoms with Gasteiger partial charge in [-0.2, -0.15) is 0 Å². The minimum absolute atomic E-state index is 0.0787. The van der Waals surface area contributed by atoms with Crippen LogP contribution in [0.15, 0.2) is 42.0 Å². The number of hydrogen-bond acceptors (Lipinski definition) is 2. The third-order valence-electron chi connectivity index (χ3n) is 2.03. The minimum Gasteiger partial charge on any atom is -0.394 e. The van der Waals surface area contributed by atoms with E-state index in [1.54, 1.807) is 11.3 Å². The highest BCUT2D eigenvalue weighted by atomic mass is 32.1. The van der Waals surface area contributed by atoms with Crippen molar-refractivity contribution in [2.45, 2.75) is 6.04 Å². The molecule has 0 amide bonds. The molecule has 2 heterocycles. The van der Waals surface area contributed by atoms with Crippen molar-refractivity contribution in [3.8, 4) is 0 Å². The van der Waals surface area contributed by atoms with Crippen LogP contribution in [0.25, 0.3) is 0 Å². The van der Waals surface area contributed by atoms with Gasteiger partial charge in [-0.05, 0) is 23.6 Å². The number of aromatic nitrogens is 1. The first kappa shape index (κ1) is 8.53. The van der Waals surface area contributed by atoms with Crippen LogP contribution in [0.4, 0.5) is 0 Å². The zero-order valence-corrected chi connectivity index (χ0v) is 7.95. The zero-order chi connectivity index (χ0) is 9.10. The van der Waals surface area contributed by atoms with Crippen molar-refractivity contribution in [1.82, 2.24) is 4.57 Å². The Hall–Kier alpha value is -1.06. The molecule has 1 N–H and O–H groups in total. The summed E-state index contributed by atoms with van der Waals surface area (Å²) in [5, 5.41) is 11.3. The van der Waals surface area contributed by atoms with Gasteiger partial charge in [-0.15, -0.1) is 11.3 Å². The van der Waals surface area contributed by atoms with Crippen LogP contribution >= 0.6 is 11.3 Å². The molecule has 68 valence electrons. The Morgan fingerprint density at radius 3 is 2.62 bits per heavy atom. The maximum Gasteiger partial charge on any atom is 0.0902 e. The Morgan fingerprint density at radius 2 is 2.08 bits per heavy atom. The molecule has 0 unspecified atom stereocenters. The van der Waals surface area contributed by atoms with E-state index in [4.69, 9.17) is 0 Å². The highest BCUT2D eigenvalue weighted by molar-refractivity contribution is 7.10. The molecule has 13 heavy (non-hydrogen) atoms. The Balaban J connectivity index is 2.29. The summed E-state index contributed by atoms with van der Waals surface area (Å²) in [6, 6.07) is 8.07. The first-order valence-electron chi connectivity index (χ1n) is 4.18. The van der Waals surface area contributed by atoms with Gasteiger partial charge >= 0.3 is 0 Å². The third kappa shape index (κ3) is 1.66. The molecule has 2 aromatic heterocycles. The van der Waals surface area contributed by atoms with E-state index in [0.29, 0.717) is 0 Å².